The van der Waals surface area contributed by atoms with Crippen LogP contribution < -0.4 is 5.32 Å². The van der Waals surface area contributed by atoms with Gasteiger partial charge in [-0.3, -0.25) is 4.79 Å². The van der Waals surface area contributed by atoms with Crippen molar-refractivity contribution in [2.24, 2.45) is 5.92 Å². The van der Waals surface area contributed by atoms with E-state index in [4.69, 9.17) is 4.74 Å². The molecule has 0 saturated heterocycles. The van der Waals surface area contributed by atoms with Gasteiger partial charge in [-0.2, -0.15) is 0 Å². The lowest BCUT2D eigenvalue weighted by atomic mass is 9.80. The smallest absolute Gasteiger partial charge is 0.245 e. The number of hydrogen-bond acceptors (Lipinski definition) is 2. The molecular weight excluding hydrogens is 154 g/mol. The highest BCUT2D eigenvalue weighted by molar-refractivity contribution is 5.76. The molecule has 0 spiro atoms. The SMILES string of the molecule is CC[C@H]1C[C@H](OCC(=O)NC)C1. The average Bonchev–Trinajstić information content (AvgIpc) is 2.01. The number of hydrogen-bond donors (Lipinski definition) is 1. The molecule has 1 rings (SSSR count). The van der Waals surface area contributed by atoms with E-state index in [2.05, 4.69) is 12.2 Å². The molecule has 0 unspecified atom stereocenters. The molecule has 3 nitrogen and oxygen atoms in total. The Morgan fingerprint density at radius 1 is 1.58 bits per heavy atom. The normalized spacial score (nSPS) is 27.8. The van der Waals surface area contributed by atoms with Crippen molar-refractivity contribution in [3.8, 4) is 0 Å². The highest BCUT2D eigenvalue weighted by Crippen LogP contribution is 2.32. The van der Waals surface area contributed by atoms with Gasteiger partial charge in [-0.15, -0.1) is 0 Å². The van der Waals surface area contributed by atoms with Crippen molar-refractivity contribution >= 4 is 5.91 Å². The Kier molecular flexibility index (Phi) is 3.53. The first-order valence-electron chi connectivity index (χ1n) is 4.58. The van der Waals surface area contributed by atoms with Gasteiger partial charge >= 0.3 is 0 Å². The first-order chi connectivity index (χ1) is 5.76. The Hall–Kier alpha value is -0.570. The van der Waals surface area contributed by atoms with Crippen LogP contribution in [0.15, 0.2) is 0 Å². The Morgan fingerprint density at radius 3 is 2.75 bits per heavy atom. The second-order valence-corrected chi connectivity index (χ2v) is 3.35. The third-order valence-corrected chi connectivity index (χ3v) is 2.50. The van der Waals surface area contributed by atoms with E-state index in [1.54, 1.807) is 7.05 Å². The minimum absolute atomic E-state index is 0.0325. The lowest BCUT2D eigenvalue weighted by Crippen LogP contribution is -2.34. The van der Waals surface area contributed by atoms with Gasteiger partial charge in [0.25, 0.3) is 0 Å². The molecule has 0 atom stereocenters. The number of rotatable bonds is 4. The molecule has 1 amide bonds. The van der Waals surface area contributed by atoms with Gasteiger partial charge in [0.1, 0.15) is 6.61 Å². The van der Waals surface area contributed by atoms with E-state index in [9.17, 15) is 4.79 Å². The zero-order valence-electron chi connectivity index (χ0n) is 7.80. The maximum absolute atomic E-state index is 10.8. The molecule has 3 heteroatoms. The largest absolute Gasteiger partial charge is 0.368 e. The Labute approximate surface area is 73.5 Å². The summed E-state index contributed by atoms with van der Waals surface area (Å²) < 4.78 is 5.35. The molecule has 0 aromatic carbocycles. The number of ether oxygens (including phenoxy) is 1. The molecule has 70 valence electrons. The van der Waals surface area contributed by atoms with Crippen LogP contribution in [-0.2, 0) is 9.53 Å². The van der Waals surface area contributed by atoms with E-state index in [-0.39, 0.29) is 12.5 Å². The fraction of sp³-hybridized carbons (Fsp3) is 0.889. The molecule has 0 radical (unpaired) electrons. The second kappa shape index (κ2) is 4.45. The minimum atomic E-state index is -0.0325. The summed E-state index contributed by atoms with van der Waals surface area (Å²) in [6.07, 6.45) is 3.84. The molecule has 1 aliphatic carbocycles. The van der Waals surface area contributed by atoms with Gasteiger partial charge in [-0.05, 0) is 18.8 Å². The van der Waals surface area contributed by atoms with Crippen LogP contribution in [0, 0.1) is 5.92 Å². The van der Waals surface area contributed by atoms with Crippen LogP contribution in [0.5, 0.6) is 0 Å². The van der Waals surface area contributed by atoms with Crippen LogP contribution in [0.4, 0.5) is 0 Å². The summed E-state index contributed by atoms with van der Waals surface area (Å²) in [5.74, 6) is 0.801. The average molecular weight is 171 g/mol. The predicted octanol–water partition coefficient (Wildman–Crippen LogP) is 0.938. The van der Waals surface area contributed by atoms with Crippen molar-refractivity contribution in [2.45, 2.75) is 32.3 Å². The van der Waals surface area contributed by atoms with Gasteiger partial charge in [0, 0.05) is 7.05 Å². The standard InChI is InChI=1S/C9H17NO2/c1-3-7-4-8(5-7)12-6-9(11)10-2/h7-8H,3-6H2,1-2H3,(H,10,11)/t7-,8-. The van der Waals surface area contributed by atoms with E-state index in [0.29, 0.717) is 6.10 Å². The third kappa shape index (κ3) is 2.48. The predicted molar refractivity (Wildman–Crippen MR) is 46.8 cm³/mol. The van der Waals surface area contributed by atoms with E-state index in [0.717, 1.165) is 18.8 Å². The fourth-order valence-electron chi connectivity index (χ4n) is 1.41. The first kappa shape index (κ1) is 9.52. The number of carbonyl (C=O) groups is 1. The zero-order chi connectivity index (χ0) is 8.97. The lowest BCUT2D eigenvalue weighted by Gasteiger charge is -2.34. The molecule has 1 N–H and O–H groups in total. The van der Waals surface area contributed by atoms with Crippen molar-refractivity contribution in [1.29, 1.82) is 0 Å². The molecule has 1 aliphatic rings. The number of likely N-dealkylation sites (N-methyl/N-ethyl adjacent to an activating group) is 1. The summed E-state index contributed by atoms with van der Waals surface area (Å²) >= 11 is 0. The molecule has 0 heterocycles. The van der Waals surface area contributed by atoms with E-state index < -0.39 is 0 Å². The summed E-state index contributed by atoms with van der Waals surface area (Å²) in [7, 11) is 1.63. The van der Waals surface area contributed by atoms with Gasteiger partial charge in [0.05, 0.1) is 6.10 Å². The van der Waals surface area contributed by atoms with Crippen molar-refractivity contribution in [2.75, 3.05) is 13.7 Å². The minimum Gasteiger partial charge on any atom is -0.368 e. The maximum Gasteiger partial charge on any atom is 0.245 e. The molecule has 0 bridgehead atoms. The van der Waals surface area contributed by atoms with Crippen molar-refractivity contribution in [1.82, 2.24) is 5.32 Å². The molecule has 0 aliphatic heterocycles. The highest BCUT2D eigenvalue weighted by Gasteiger charge is 2.28. The van der Waals surface area contributed by atoms with Gasteiger partial charge in [-0.1, -0.05) is 13.3 Å². The maximum atomic E-state index is 10.8. The zero-order valence-corrected chi connectivity index (χ0v) is 7.80. The Balaban J connectivity index is 2.00. The van der Waals surface area contributed by atoms with Crippen molar-refractivity contribution in [3.63, 3.8) is 0 Å². The first-order valence-corrected chi connectivity index (χ1v) is 4.58. The fourth-order valence-corrected chi connectivity index (χ4v) is 1.41. The Bertz CT molecular complexity index is 153. The number of amides is 1. The monoisotopic (exact) mass is 171 g/mol. The van der Waals surface area contributed by atoms with Crippen molar-refractivity contribution < 1.29 is 9.53 Å². The van der Waals surface area contributed by atoms with Gasteiger partial charge in [-0.25, -0.2) is 0 Å². The summed E-state index contributed by atoms with van der Waals surface area (Å²) in [6, 6.07) is 0. The second-order valence-electron chi connectivity index (χ2n) is 3.35. The Morgan fingerprint density at radius 2 is 2.25 bits per heavy atom. The van der Waals surface area contributed by atoms with Crippen LogP contribution in [0.25, 0.3) is 0 Å². The summed E-state index contributed by atoms with van der Waals surface area (Å²) in [6.45, 7) is 2.41. The van der Waals surface area contributed by atoms with E-state index in [1.165, 1.54) is 6.42 Å². The number of nitrogens with one attached hydrogen (secondary N) is 1. The summed E-state index contributed by atoms with van der Waals surface area (Å²) in [5, 5.41) is 2.53. The van der Waals surface area contributed by atoms with Crippen LogP contribution in [0.2, 0.25) is 0 Å². The molecule has 1 saturated carbocycles. The van der Waals surface area contributed by atoms with Crippen LogP contribution >= 0.6 is 0 Å². The van der Waals surface area contributed by atoms with Crippen LogP contribution in [0.1, 0.15) is 26.2 Å². The molecule has 1 fully saturated rings. The van der Waals surface area contributed by atoms with Crippen LogP contribution in [-0.4, -0.2) is 25.7 Å². The third-order valence-electron chi connectivity index (χ3n) is 2.50. The quantitative estimate of drug-likeness (QED) is 0.683. The number of carbonyl (C=O) groups excluding carboxylic acids is 1. The molecular formula is C9H17NO2. The summed E-state index contributed by atoms with van der Waals surface area (Å²) in [5.41, 5.74) is 0. The van der Waals surface area contributed by atoms with E-state index in [1.807, 2.05) is 0 Å². The van der Waals surface area contributed by atoms with E-state index >= 15 is 0 Å². The topological polar surface area (TPSA) is 38.3 Å². The van der Waals surface area contributed by atoms with Crippen LogP contribution in [0.3, 0.4) is 0 Å². The van der Waals surface area contributed by atoms with Gasteiger partial charge in [0.15, 0.2) is 0 Å². The van der Waals surface area contributed by atoms with Crippen molar-refractivity contribution in [3.05, 3.63) is 0 Å². The molecule has 0 aromatic heterocycles. The van der Waals surface area contributed by atoms with Gasteiger partial charge < -0.3 is 10.1 Å². The highest BCUT2D eigenvalue weighted by atomic mass is 16.5. The van der Waals surface area contributed by atoms with Gasteiger partial charge in [0.2, 0.25) is 5.91 Å². The summed E-state index contributed by atoms with van der Waals surface area (Å²) in [4.78, 5) is 10.8. The molecule has 12 heavy (non-hydrogen) atoms. The molecule has 0 aromatic rings. The lowest BCUT2D eigenvalue weighted by molar-refractivity contribution is -0.130.